The topological polar surface area (TPSA) is 64.8 Å². The van der Waals surface area contributed by atoms with Gasteiger partial charge in [-0.3, -0.25) is 15.0 Å². The molecular formula is C14H17ClN2O4. The molecule has 1 spiro atoms. The molecule has 21 heavy (non-hydrogen) atoms. The van der Waals surface area contributed by atoms with Crippen LogP contribution in [0.15, 0.2) is 18.2 Å². The summed E-state index contributed by atoms with van der Waals surface area (Å²) in [7, 11) is 0. The molecule has 1 aromatic rings. The van der Waals surface area contributed by atoms with Crippen molar-refractivity contribution in [2.24, 2.45) is 0 Å². The van der Waals surface area contributed by atoms with Crippen LogP contribution >= 0.6 is 11.6 Å². The predicted molar refractivity (Wildman–Crippen MR) is 77.3 cm³/mol. The molecule has 7 heteroatoms. The number of nitrogens with zero attached hydrogens (tertiary/aromatic N) is 2. The lowest BCUT2D eigenvalue weighted by molar-refractivity contribution is -0.385. The maximum Gasteiger partial charge on any atom is 0.275 e. The summed E-state index contributed by atoms with van der Waals surface area (Å²) in [6.45, 7) is 3.14. The number of ether oxygens (including phenoxy) is 2. The van der Waals surface area contributed by atoms with Crippen LogP contribution in [0.5, 0.6) is 0 Å². The van der Waals surface area contributed by atoms with Crippen LogP contribution in [0.4, 0.5) is 5.69 Å². The first-order chi connectivity index (χ1) is 10.1. The predicted octanol–water partition coefficient (Wildman–Crippen LogP) is 2.59. The summed E-state index contributed by atoms with van der Waals surface area (Å²) in [6, 6.07) is 4.78. The number of nitro benzene ring substituents is 1. The van der Waals surface area contributed by atoms with Crippen LogP contribution in [0.3, 0.4) is 0 Å². The summed E-state index contributed by atoms with van der Waals surface area (Å²) in [5, 5.41) is 11.6. The van der Waals surface area contributed by atoms with Crippen molar-refractivity contribution in [2.75, 3.05) is 26.3 Å². The quantitative estimate of drug-likeness (QED) is 0.634. The molecule has 0 aromatic heterocycles. The zero-order valence-corrected chi connectivity index (χ0v) is 12.3. The first-order valence-corrected chi connectivity index (χ1v) is 7.39. The fourth-order valence-corrected chi connectivity index (χ4v) is 3.27. The molecule has 114 valence electrons. The standard InChI is InChI=1S/C14H17ClN2O4/c15-12-3-1-4-13(17(18)19)11(12)9-16-6-2-5-14(10-16)20-7-8-21-14/h1,3-4H,2,5-10H2. The number of piperidine rings is 1. The van der Waals surface area contributed by atoms with Crippen LogP contribution in [0.2, 0.25) is 5.02 Å². The van der Waals surface area contributed by atoms with Gasteiger partial charge in [-0.2, -0.15) is 0 Å². The van der Waals surface area contributed by atoms with Crippen molar-refractivity contribution < 1.29 is 14.4 Å². The molecule has 2 fully saturated rings. The van der Waals surface area contributed by atoms with Gasteiger partial charge >= 0.3 is 0 Å². The molecule has 0 radical (unpaired) electrons. The van der Waals surface area contributed by atoms with Crippen LogP contribution in [0, 0.1) is 10.1 Å². The lowest BCUT2D eigenvalue weighted by atomic mass is 10.0. The molecule has 0 unspecified atom stereocenters. The van der Waals surface area contributed by atoms with Gasteiger partial charge in [0.25, 0.3) is 5.69 Å². The third kappa shape index (κ3) is 3.03. The van der Waals surface area contributed by atoms with Crippen molar-refractivity contribution in [3.63, 3.8) is 0 Å². The van der Waals surface area contributed by atoms with E-state index in [0.29, 0.717) is 36.9 Å². The zero-order chi connectivity index (χ0) is 14.9. The van der Waals surface area contributed by atoms with Crippen LogP contribution in [-0.4, -0.2) is 41.9 Å². The Labute approximate surface area is 127 Å². The molecule has 2 saturated heterocycles. The summed E-state index contributed by atoms with van der Waals surface area (Å²) >= 11 is 6.15. The van der Waals surface area contributed by atoms with Gasteiger partial charge in [0.15, 0.2) is 5.79 Å². The highest BCUT2D eigenvalue weighted by Gasteiger charge is 2.41. The largest absolute Gasteiger partial charge is 0.346 e. The Morgan fingerprint density at radius 3 is 2.86 bits per heavy atom. The normalized spacial score (nSPS) is 21.8. The first-order valence-electron chi connectivity index (χ1n) is 7.02. The van der Waals surface area contributed by atoms with Gasteiger partial charge in [0.2, 0.25) is 0 Å². The number of benzene rings is 1. The van der Waals surface area contributed by atoms with Crippen molar-refractivity contribution in [2.45, 2.75) is 25.2 Å². The highest BCUT2D eigenvalue weighted by Crippen LogP contribution is 2.33. The highest BCUT2D eigenvalue weighted by molar-refractivity contribution is 6.31. The van der Waals surface area contributed by atoms with E-state index in [1.807, 2.05) is 0 Å². The maximum atomic E-state index is 11.1. The van der Waals surface area contributed by atoms with Gasteiger partial charge in [-0.15, -0.1) is 0 Å². The van der Waals surface area contributed by atoms with Gasteiger partial charge in [-0.25, -0.2) is 0 Å². The molecule has 1 aromatic carbocycles. The number of likely N-dealkylation sites (tertiary alicyclic amines) is 1. The second-order valence-corrected chi connectivity index (χ2v) is 5.82. The van der Waals surface area contributed by atoms with Crippen LogP contribution in [-0.2, 0) is 16.0 Å². The van der Waals surface area contributed by atoms with E-state index in [9.17, 15) is 10.1 Å². The number of hydrogen-bond acceptors (Lipinski definition) is 5. The van der Waals surface area contributed by atoms with Gasteiger partial charge in [0, 0.05) is 19.0 Å². The van der Waals surface area contributed by atoms with Gasteiger partial charge in [0.1, 0.15) is 0 Å². The van der Waals surface area contributed by atoms with E-state index < -0.39 is 5.79 Å². The molecule has 2 aliphatic heterocycles. The van der Waals surface area contributed by atoms with Crippen molar-refractivity contribution in [1.82, 2.24) is 4.90 Å². The van der Waals surface area contributed by atoms with E-state index in [2.05, 4.69) is 4.90 Å². The zero-order valence-electron chi connectivity index (χ0n) is 11.6. The SMILES string of the molecule is O=[N+]([O-])c1cccc(Cl)c1CN1CCCC2(C1)OCCO2. The summed E-state index contributed by atoms with van der Waals surface area (Å²) < 4.78 is 11.5. The Hall–Kier alpha value is -1.21. The third-order valence-corrected chi connectivity index (χ3v) is 4.34. The van der Waals surface area contributed by atoms with Crippen LogP contribution in [0.1, 0.15) is 18.4 Å². The summed E-state index contributed by atoms with van der Waals surface area (Å²) in [6.07, 6.45) is 1.81. The van der Waals surface area contributed by atoms with E-state index in [1.54, 1.807) is 12.1 Å². The van der Waals surface area contributed by atoms with Crippen molar-refractivity contribution >= 4 is 17.3 Å². The second kappa shape index (κ2) is 5.88. The lowest BCUT2D eigenvalue weighted by Gasteiger charge is -2.38. The monoisotopic (exact) mass is 312 g/mol. The third-order valence-electron chi connectivity index (χ3n) is 3.98. The molecule has 0 saturated carbocycles. The fourth-order valence-electron chi connectivity index (χ4n) is 3.04. The molecule has 0 aliphatic carbocycles. The van der Waals surface area contributed by atoms with Crippen LogP contribution in [0.25, 0.3) is 0 Å². The van der Waals surface area contributed by atoms with Gasteiger partial charge < -0.3 is 9.47 Å². The summed E-state index contributed by atoms with van der Waals surface area (Å²) in [4.78, 5) is 12.9. The Bertz CT molecular complexity index is 546. The molecule has 0 bridgehead atoms. The van der Waals surface area contributed by atoms with Crippen molar-refractivity contribution in [1.29, 1.82) is 0 Å². The van der Waals surface area contributed by atoms with E-state index in [4.69, 9.17) is 21.1 Å². The molecule has 2 aliphatic rings. The van der Waals surface area contributed by atoms with E-state index in [-0.39, 0.29) is 10.6 Å². The second-order valence-electron chi connectivity index (χ2n) is 5.42. The number of halogens is 1. The lowest BCUT2D eigenvalue weighted by Crippen LogP contribution is -2.48. The molecule has 2 heterocycles. The number of nitro groups is 1. The molecule has 6 nitrogen and oxygen atoms in total. The fraction of sp³-hybridized carbons (Fsp3) is 0.571. The average molecular weight is 313 g/mol. The molecule has 0 atom stereocenters. The first kappa shape index (κ1) is 14.7. The van der Waals surface area contributed by atoms with E-state index >= 15 is 0 Å². The molecule has 0 amide bonds. The van der Waals surface area contributed by atoms with Crippen molar-refractivity contribution in [3.8, 4) is 0 Å². The molecular weight excluding hydrogens is 296 g/mol. The Morgan fingerprint density at radius 2 is 2.14 bits per heavy atom. The Morgan fingerprint density at radius 1 is 1.38 bits per heavy atom. The van der Waals surface area contributed by atoms with Gasteiger partial charge in [-0.1, -0.05) is 17.7 Å². The van der Waals surface area contributed by atoms with Crippen LogP contribution < -0.4 is 0 Å². The Kier molecular flexibility index (Phi) is 4.12. The minimum Gasteiger partial charge on any atom is -0.346 e. The van der Waals surface area contributed by atoms with Gasteiger partial charge in [-0.05, 0) is 19.0 Å². The van der Waals surface area contributed by atoms with E-state index in [0.717, 1.165) is 19.4 Å². The molecule has 0 N–H and O–H groups in total. The maximum absolute atomic E-state index is 11.1. The summed E-state index contributed by atoms with van der Waals surface area (Å²) in [5.41, 5.74) is 0.620. The van der Waals surface area contributed by atoms with Crippen molar-refractivity contribution in [3.05, 3.63) is 38.9 Å². The summed E-state index contributed by atoms with van der Waals surface area (Å²) in [5.74, 6) is -0.533. The smallest absolute Gasteiger partial charge is 0.275 e. The Balaban J connectivity index is 1.79. The van der Waals surface area contributed by atoms with E-state index in [1.165, 1.54) is 6.07 Å². The number of rotatable bonds is 3. The van der Waals surface area contributed by atoms with Gasteiger partial charge in [0.05, 0.1) is 35.3 Å². The minimum absolute atomic E-state index is 0.0652. The average Bonchev–Trinajstić information content (AvgIpc) is 2.89. The minimum atomic E-state index is -0.533. The number of hydrogen-bond donors (Lipinski definition) is 0. The molecule has 3 rings (SSSR count). The highest BCUT2D eigenvalue weighted by atomic mass is 35.5.